The van der Waals surface area contributed by atoms with Gasteiger partial charge >= 0.3 is 5.97 Å². The summed E-state index contributed by atoms with van der Waals surface area (Å²) >= 11 is 6.47. The van der Waals surface area contributed by atoms with Gasteiger partial charge in [0.25, 0.3) is 0 Å². The monoisotopic (exact) mass is 310 g/mol. The summed E-state index contributed by atoms with van der Waals surface area (Å²) in [5, 5.41) is 0.708. The number of halogens is 1. The van der Waals surface area contributed by atoms with E-state index in [0.717, 1.165) is 24.2 Å². The van der Waals surface area contributed by atoms with Gasteiger partial charge in [0, 0.05) is 23.8 Å². The van der Waals surface area contributed by atoms with Gasteiger partial charge in [-0.15, -0.1) is 0 Å². The van der Waals surface area contributed by atoms with Crippen molar-refractivity contribution in [3.63, 3.8) is 0 Å². The normalized spacial score (nSPS) is 16.1. The van der Waals surface area contributed by atoms with E-state index in [1.54, 1.807) is 6.92 Å². The van der Waals surface area contributed by atoms with Gasteiger partial charge in [-0.25, -0.2) is 0 Å². The van der Waals surface area contributed by atoms with Gasteiger partial charge in [-0.1, -0.05) is 17.7 Å². The number of hydrogen-bond acceptors (Lipinski definition) is 4. The Balaban J connectivity index is 2.14. The molecule has 1 heterocycles. The smallest absolute Gasteiger partial charge is 0.323 e. The minimum absolute atomic E-state index is 0.340. The predicted octanol–water partition coefficient (Wildman–Crippen LogP) is 2.68. The molecule has 1 saturated heterocycles. The second kappa shape index (κ2) is 7.14. The minimum Gasteiger partial charge on any atom is -0.465 e. The van der Waals surface area contributed by atoms with E-state index >= 15 is 0 Å². The van der Waals surface area contributed by atoms with Crippen LogP contribution in [0.25, 0.3) is 0 Å². The fourth-order valence-electron chi connectivity index (χ4n) is 2.76. The van der Waals surface area contributed by atoms with E-state index in [4.69, 9.17) is 22.1 Å². The van der Waals surface area contributed by atoms with Gasteiger partial charge in [-0.2, -0.15) is 0 Å². The van der Waals surface area contributed by atoms with Crippen molar-refractivity contribution in [1.82, 2.24) is 0 Å². The Labute approximate surface area is 131 Å². The van der Waals surface area contributed by atoms with E-state index in [1.165, 1.54) is 18.5 Å². The molecule has 0 aliphatic carbocycles. The third kappa shape index (κ3) is 3.69. The average molecular weight is 311 g/mol. The van der Waals surface area contributed by atoms with Crippen molar-refractivity contribution in [2.45, 2.75) is 39.2 Å². The summed E-state index contributed by atoms with van der Waals surface area (Å²) in [6.07, 6.45) is 2.86. The van der Waals surface area contributed by atoms with Crippen LogP contribution in [0.4, 0.5) is 5.69 Å². The highest BCUT2D eigenvalue weighted by molar-refractivity contribution is 6.32. The second-order valence-corrected chi connectivity index (χ2v) is 5.82. The van der Waals surface area contributed by atoms with E-state index in [9.17, 15) is 4.79 Å². The molecule has 0 aromatic heterocycles. The highest BCUT2D eigenvalue weighted by Gasteiger charge is 2.20. The van der Waals surface area contributed by atoms with Crippen LogP contribution in [0, 0.1) is 6.92 Å². The molecule has 0 bridgehead atoms. The number of benzene rings is 1. The molecule has 1 aliphatic heterocycles. The Hall–Kier alpha value is -1.26. The predicted molar refractivity (Wildman–Crippen MR) is 85.9 cm³/mol. The van der Waals surface area contributed by atoms with E-state index in [1.807, 2.05) is 13.0 Å². The maximum atomic E-state index is 11.6. The molecule has 1 aromatic carbocycles. The van der Waals surface area contributed by atoms with Crippen LogP contribution in [0.2, 0.25) is 5.02 Å². The number of anilines is 1. The molecule has 0 amide bonds. The Morgan fingerprint density at radius 2 is 2.10 bits per heavy atom. The Morgan fingerprint density at radius 3 is 2.71 bits per heavy atom. The highest BCUT2D eigenvalue weighted by Crippen LogP contribution is 2.32. The molecular weight excluding hydrogens is 288 g/mol. The third-order valence-electron chi connectivity index (χ3n) is 3.91. The highest BCUT2D eigenvalue weighted by atomic mass is 35.5. The minimum atomic E-state index is -0.667. The molecule has 116 valence electrons. The number of nitrogens with zero attached hydrogens (tertiary/aromatic N) is 1. The van der Waals surface area contributed by atoms with E-state index in [2.05, 4.69) is 11.0 Å². The largest absolute Gasteiger partial charge is 0.465 e. The number of hydrogen-bond donors (Lipinski definition) is 1. The molecule has 1 aliphatic rings. The van der Waals surface area contributed by atoms with Gasteiger partial charge in [0.15, 0.2) is 0 Å². The van der Waals surface area contributed by atoms with Crippen LogP contribution in [0.1, 0.15) is 30.9 Å². The van der Waals surface area contributed by atoms with Gasteiger partial charge in [0.2, 0.25) is 0 Å². The summed E-state index contributed by atoms with van der Waals surface area (Å²) in [6, 6.07) is 3.39. The molecule has 1 atom stereocenters. The van der Waals surface area contributed by atoms with Crippen molar-refractivity contribution in [3.8, 4) is 0 Å². The fraction of sp³-hybridized carbons (Fsp3) is 0.562. The third-order valence-corrected chi connectivity index (χ3v) is 4.44. The first-order valence-electron chi connectivity index (χ1n) is 7.49. The lowest BCUT2D eigenvalue weighted by Crippen LogP contribution is -2.34. The molecule has 21 heavy (non-hydrogen) atoms. The summed E-state index contributed by atoms with van der Waals surface area (Å²) in [5.74, 6) is -0.380. The standard InChI is InChI=1S/C16H23ClN2O2/c1-3-21-16(20)13(18)10-12-6-7-14(11(2)15(12)17)19-8-4-5-9-19/h6-7,13H,3-5,8-10,18H2,1-2H3. The Kier molecular flexibility index (Phi) is 5.48. The van der Waals surface area contributed by atoms with E-state index in [0.29, 0.717) is 18.1 Å². The molecule has 2 rings (SSSR count). The molecule has 1 aromatic rings. The fourth-order valence-corrected chi connectivity index (χ4v) is 3.00. The van der Waals surface area contributed by atoms with Crippen LogP contribution in [-0.4, -0.2) is 31.7 Å². The molecule has 0 saturated carbocycles. The van der Waals surface area contributed by atoms with Crippen molar-refractivity contribution in [3.05, 3.63) is 28.3 Å². The Bertz CT molecular complexity index is 513. The molecule has 5 heteroatoms. The zero-order valence-electron chi connectivity index (χ0n) is 12.7. The molecular formula is C16H23ClN2O2. The first-order valence-corrected chi connectivity index (χ1v) is 7.87. The topological polar surface area (TPSA) is 55.6 Å². The molecule has 1 unspecified atom stereocenters. The van der Waals surface area contributed by atoms with Crippen LogP contribution < -0.4 is 10.6 Å². The lowest BCUT2D eigenvalue weighted by Gasteiger charge is -2.22. The summed E-state index contributed by atoms with van der Waals surface area (Å²) in [5.41, 5.74) is 9.02. The summed E-state index contributed by atoms with van der Waals surface area (Å²) in [4.78, 5) is 14.0. The van der Waals surface area contributed by atoms with E-state index < -0.39 is 6.04 Å². The number of esters is 1. The molecule has 2 N–H and O–H groups in total. The maximum absolute atomic E-state index is 11.6. The van der Waals surface area contributed by atoms with Crippen molar-refractivity contribution < 1.29 is 9.53 Å². The van der Waals surface area contributed by atoms with Crippen molar-refractivity contribution >= 4 is 23.3 Å². The lowest BCUT2D eigenvalue weighted by atomic mass is 10.0. The number of carbonyl (C=O) groups excluding carboxylic acids is 1. The second-order valence-electron chi connectivity index (χ2n) is 5.44. The number of rotatable bonds is 5. The average Bonchev–Trinajstić information content (AvgIpc) is 2.98. The quantitative estimate of drug-likeness (QED) is 0.850. The van der Waals surface area contributed by atoms with Crippen LogP contribution >= 0.6 is 11.6 Å². The van der Waals surface area contributed by atoms with Crippen molar-refractivity contribution in [2.75, 3.05) is 24.6 Å². The Morgan fingerprint density at radius 1 is 1.43 bits per heavy atom. The first-order chi connectivity index (χ1) is 10.0. The maximum Gasteiger partial charge on any atom is 0.323 e. The van der Waals surface area contributed by atoms with Gasteiger partial charge in [-0.3, -0.25) is 4.79 Å². The van der Waals surface area contributed by atoms with Gasteiger partial charge in [0.1, 0.15) is 6.04 Å². The summed E-state index contributed by atoms with van der Waals surface area (Å²) < 4.78 is 4.94. The molecule has 0 radical (unpaired) electrons. The summed E-state index contributed by atoms with van der Waals surface area (Å²) in [7, 11) is 0. The lowest BCUT2D eigenvalue weighted by molar-refractivity contribution is -0.144. The van der Waals surface area contributed by atoms with Crippen molar-refractivity contribution in [1.29, 1.82) is 0 Å². The number of carbonyl (C=O) groups is 1. The van der Waals surface area contributed by atoms with Crippen LogP contribution in [0.15, 0.2) is 12.1 Å². The van der Waals surface area contributed by atoms with Gasteiger partial charge < -0.3 is 15.4 Å². The molecule has 1 fully saturated rings. The van der Waals surface area contributed by atoms with E-state index in [-0.39, 0.29) is 5.97 Å². The number of ether oxygens (including phenoxy) is 1. The molecule has 0 spiro atoms. The zero-order valence-corrected chi connectivity index (χ0v) is 13.4. The SMILES string of the molecule is CCOC(=O)C(N)Cc1ccc(N2CCCC2)c(C)c1Cl. The first kappa shape index (κ1) is 16.1. The van der Waals surface area contributed by atoms with Crippen LogP contribution in [0.3, 0.4) is 0 Å². The van der Waals surface area contributed by atoms with Crippen molar-refractivity contribution in [2.24, 2.45) is 5.73 Å². The van der Waals surface area contributed by atoms with Crippen LogP contribution in [-0.2, 0) is 16.0 Å². The van der Waals surface area contributed by atoms with Crippen LogP contribution in [0.5, 0.6) is 0 Å². The molecule has 4 nitrogen and oxygen atoms in total. The van der Waals surface area contributed by atoms with Gasteiger partial charge in [0.05, 0.1) is 6.61 Å². The summed E-state index contributed by atoms with van der Waals surface area (Å²) in [6.45, 7) is 6.30. The number of nitrogens with two attached hydrogens (primary N) is 1. The zero-order chi connectivity index (χ0) is 15.4. The van der Waals surface area contributed by atoms with Gasteiger partial charge in [-0.05, 0) is 50.3 Å².